The molecular weight excluding hydrogens is 324 g/mol. The van der Waals surface area contributed by atoms with Crippen LogP contribution in [0.4, 0.5) is 0 Å². The fraction of sp³-hybridized carbons (Fsp3) is 0.556. The van der Waals surface area contributed by atoms with Crippen LogP contribution in [-0.4, -0.2) is 37.5 Å². The molecule has 0 aromatic heterocycles. The first-order chi connectivity index (χ1) is 11.2. The maximum atomic E-state index is 11.9. The lowest BCUT2D eigenvalue weighted by Crippen LogP contribution is -2.49. The average molecular weight is 351 g/mol. The molecule has 0 aliphatic heterocycles. The van der Waals surface area contributed by atoms with Crippen molar-refractivity contribution in [3.05, 3.63) is 34.9 Å². The van der Waals surface area contributed by atoms with Gasteiger partial charge in [0.2, 0.25) is 5.91 Å². The second-order valence-electron chi connectivity index (χ2n) is 7.36. The molecule has 0 spiro atoms. The van der Waals surface area contributed by atoms with Crippen molar-refractivity contribution >= 4 is 23.5 Å². The van der Waals surface area contributed by atoms with Crippen molar-refractivity contribution in [1.82, 2.24) is 16.0 Å². The molecule has 0 radical (unpaired) electrons. The summed E-state index contributed by atoms with van der Waals surface area (Å²) in [6.07, 6.45) is 2.28. The smallest absolute Gasteiger partial charge is 0.239 e. The summed E-state index contributed by atoms with van der Waals surface area (Å²) in [5.41, 5.74) is 1.21. The number of amides is 1. The van der Waals surface area contributed by atoms with Gasteiger partial charge in [-0.15, -0.1) is 0 Å². The second-order valence-corrected chi connectivity index (χ2v) is 7.80. The predicted molar refractivity (Wildman–Crippen MR) is 99.6 cm³/mol. The van der Waals surface area contributed by atoms with Gasteiger partial charge in [0.05, 0.1) is 6.54 Å². The highest BCUT2D eigenvalue weighted by atomic mass is 35.5. The molecule has 1 aliphatic carbocycles. The van der Waals surface area contributed by atoms with E-state index in [-0.39, 0.29) is 23.4 Å². The molecule has 0 unspecified atom stereocenters. The van der Waals surface area contributed by atoms with Crippen LogP contribution in [0.2, 0.25) is 5.02 Å². The van der Waals surface area contributed by atoms with Gasteiger partial charge in [-0.2, -0.15) is 0 Å². The highest BCUT2D eigenvalue weighted by Crippen LogP contribution is 2.47. The Bertz CT molecular complexity index is 600. The van der Waals surface area contributed by atoms with Crippen LogP contribution in [0, 0.1) is 0 Å². The van der Waals surface area contributed by atoms with Gasteiger partial charge >= 0.3 is 0 Å². The summed E-state index contributed by atoms with van der Waals surface area (Å²) in [7, 11) is 1.71. The van der Waals surface area contributed by atoms with Crippen molar-refractivity contribution in [3.63, 3.8) is 0 Å². The first-order valence-electron chi connectivity index (χ1n) is 8.26. The van der Waals surface area contributed by atoms with Crippen LogP contribution in [0.25, 0.3) is 0 Å². The Morgan fingerprint density at radius 3 is 2.33 bits per heavy atom. The molecule has 0 saturated heterocycles. The molecule has 132 valence electrons. The topological polar surface area (TPSA) is 65.5 Å². The maximum absolute atomic E-state index is 11.9. The molecule has 0 atom stereocenters. The van der Waals surface area contributed by atoms with Gasteiger partial charge in [-0.05, 0) is 51.3 Å². The number of nitrogens with zero attached hydrogens (tertiary/aromatic N) is 1. The Kier molecular flexibility index (Phi) is 5.75. The summed E-state index contributed by atoms with van der Waals surface area (Å²) >= 11 is 5.97. The molecule has 0 heterocycles. The normalized spacial score (nSPS) is 16.5. The Morgan fingerprint density at radius 1 is 1.21 bits per heavy atom. The molecule has 24 heavy (non-hydrogen) atoms. The van der Waals surface area contributed by atoms with E-state index in [1.807, 2.05) is 32.9 Å². The van der Waals surface area contributed by atoms with Crippen molar-refractivity contribution in [3.8, 4) is 0 Å². The third-order valence-corrected chi connectivity index (χ3v) is 4.31. The van der Waals surface area contributed by atoms with Gasteiger partial charge in [0.1, 0.15) is 0 Å². The summed E-state index contributed by atoms with van der Waals surface area (Å²) in [5.74, 6) is 0.587. The van der Waals surface area contributed by atoms with Gasteiger partial charge in [0, 0.05) is 29.6 Å². The van der Waals surface area contributed by atoms with Crippen molar-refractivity contribution in [2.24, 2.45) is 4.99 Å². The zero-order valence-corrected chi connectivity index (χ0v) is 15.6. The van der Waals surface area contributed by atoms with Crippen LogP contribution in [0.3, 0.4) is 0 Å². The third-order valence-electron chi connectivity index (χ3n) is 4.06. The minimum atomic E-state index is -0.234. The fourth-order valence-electron chi connectivity index (χ4n) is 2.62. The van der Waals surface area contributed by atoms with Gasteiger partial charge < -0.3 is 16.0 Å². The predicted octanol–water partition coefficient (Wildman–Crippen LogP) is 2.45. The van der Waals surface area contributed by atoms with E-state index in [4.69, 9.17) is 11.6 Å². The number of carbonyl (C=O) groups is 1. The fourth-order valence-corrected chi connectivity index (χ4v) is 2.75. The quantitative estimate of drug-likeness (QED) is 0.564. The van der Waals surface area contributed by atoms with E-state index in [9.17, 15) is 4.79 Å². The number of nitrogens with one attached hydrogen (secondary N) is 3. The number of hydrogen-bond acceptors (Lipinski definition) is 2. The van der Waals surface area contributed by atoms with Crippen LogP contribution in [0.1, 0.15) is 39.2 Å². The van der Waals surface area contributed by atoms with Crippen LogP contribution in [0.15, 0.2) is 29.3 Å². The number of guanidine groups is 1. The summed E-state index contributed by atoms with van der Waals surface area (Å²) in [6.45, 7) is 6.86. The highest BCUT2D eigenvalue weighted by molar-refractivity contribution is 6.30. The molecular formula is C18H27ClN4O. The number of halogens is 1. The van der Waals surface area contributed by atoms with Crippen LogP contribution < -0.4 is 16.0 Å². The minimum Gasteiger partial charge on any atom is -0.356 e. The van der Waals surface area contributed by atoms with Gasteiger partial charge in [0.15, 0.2) is 5.96 Å². The second kappa shape index (κ2) is 7.43. The Labute approximate surface area is 149 Å². The minimum absolute atomic E-state index is 0.0516. The van der Waals surface area contributed by atoms with Crippen LogP contribution in [0.5, 0.6) is 0 Å². The highest BCUT2D eigenvalue weighted by Gasteiger charge is 2.44. The molecule has 3 N–H and O–H groups in total. The van der Waals surface area contributed by atoms with Crippen molar-refractivity contribution in [2.45, 2.75) is 44.6 Å². The third kappa shape index (κ3) is 5.41. The molecule has 2 rings (SSSR count). The number of carbonyl (C=O) groups excluding carboxylic acids is 1. The van der Waals surface area contributed by atoms with E-state index in [2.05, 4.69) is 33.1 Å². The summed E-state index contributed by atoms with van der Waals surface area (Å²) in [6, 6.07) is 8.04. The molecule has 1 saturated carbocycles. The van der Waals surface area contributed by atoms with E-state index in [0.29, 0.717) is 5.96 Å². The first-order valence-corrected chi connectivity index (χ1v) is 8.63. The van der Waals surface area contributed by atoms with E-state index in [1.54, 1.807) is 7.05 Å². The number of benzene rings is 1. The molecule has 1 amide bonds. The maximum Gasteiger partial charge on any atom is 0.239 e. The van der Waals surface area contributed by atoms with Gasteiger partial charge in [0.25, 0.3) is 0 Å². The lowest BCUT2D eigenvalue weighted by molar-refractivity contribution is -0.121. The molecule has 1 aliphatic rings. The lowest BCUT2D eigenvalue weighted by Gasteiger charge is -2.22. The van der Waals surface area contributed by atoms with E-state index < -0.39 is 0 Å². The molecule has 1 aromatic rings. The summed E-state index contributed by atoms with van der Waals surface area (Å²) in [4.78, 5) is 16.1. The molecule has 1 fully saturated rings. The number of rotatable bonds is 5. The average Bonchev–Trinajstić information content (AvgIpc) is 3.27. The zero-order chi connectivity index (χ0) is 17.8. The zero-order valence-electron chi connectivity index (χ0n) is 14.9. The molecule has 1 aromatic carbocycles. The van der Waals surface area contributed by atoms with E-state index in [1.165, 1.54) is 5.56 Å². The molecule has 5 nitrogen and oxygen atoms in total. The van der Waals surface area contributed by atoms with Crippen molar-refractivity contribution < 1.29 is 4.79 Å². The van der Waals surface area contributed by atoms with Gasteiger partial charge in [-0.3, -0.25) is 9.79 Å². The van der Waals surface area contributed by atoms with Crippen molar-refractivity contribution in [2.75, 3.05) is 20.1 Å². The van der Waals surface area contributed by atoms with Gasteiger partial charge in [-0.25, -0.2) is 0 Å². The Hall–Kier alpha value is -1.75. The molecule has 0 bridgehead atoms. The van der Waals surface area contributed by atoms with Crippen LogP contribution in [-0.2, 0) is 10.2 Å². The summed E-state index contributed by atoms with van der Waals surface area (Å²) < 4.78 is 0. The van der Waals surface area contributed by atoms with Gasteiger partial charge in [-0.1, -0.05) is 23.7 Å². The lowest BCUT2D eigenvalue weighted by atomic mass is 9.96. The van der Waals surface area contributed by atoms with E-state index in [0.717, 1.165) is 24.4 Å². The van der Waals surface area contributed by atoms with Crippen LogP contribution >= 0.6 is 11.6 Å². The number of aliphatic imine (C=N–C) groups is 1. The summed E-state index contributed by atoms with van der Waals surface area (Å²) in [5, 5.41) is 10.1. The largest absolute Gasteiger partial charge is 0.356 e. The SMILES string of the molecule is CN=C(NCC(=O)NC(C)(C)C)NCC1(c2ccc(Cl)cc2)CC1. The van der Waals surface area contributed by atoms with Crippen molar-refractivity contribution in [1.29, 1.82) is 0 Å². The Morgan fingerprint density at radius 2 is 1.83 bits per heavy atom. The standard InChI is InChI=1S/C18H27ClN4O/c1-17(2,3)23-15(24)11-21-16(20-4)22-12-18(9-10-18)13-5-7-14(19)8-6-13/h5-8H,9-12H2,1-4H3,(H,23,24)(H2,20,21,22). The number of hydrogen-bond donors (Lipinski definition) is 3. The molecule has 6 heteroatoms. The first kappa shape index (κ1) is 18.6. The van der Waals surface area contributed by atoms with E-state index >= 15 is 0 Å². The monoisotopic (exact) mass is 350 g/mol. The Balaban J connectivity index is 1.84.